The fourth-order valence-corrected chi connectivity index (χ4v) is 6.10. The highest BCUT2D eigenvalue weighted by Gasteiger charge is 2.33. The van der Waals surface area contributed by atoms with E-state index in [0.29, 0.717) is 30.7 Å². The first kappa shape index (κ1) is 25.5. The molecule has 3 rings (SSSR count). The van der Waals surface area contributed by atoms with Gasteiger partial charge in [0.25, 0.3) is 0 Å². The molecule has 5 atom stereocenters. The van der Waals surface area contributed by atoms with E-state index >= 15 is 0 Å². The van der Waals surface area contributed by atoms with Gasteiger partial charge in [0.1, 0.15) is 0 Å². The van der Waals surface area contributed by atoms with Crippen molar-refractivity contribution in [3.63, 3.8) is 0 Å². The molecule has 3 N–H and O–H groups in total. The number of hydrazone groups is 1. The van der Waals surface area contributed by atoms with Gasteiger partial charge >= 0.3 is 0 Å². The van der Waals surface area contributed by atoms with Crippen molar-refractivity contribution in [3.05, 3.63) is 10.4 Å². The van der Waals surface area contributed by atoms with Crippen LogP contribution in [0.3, 0.4) is 0 Å². The van der Waals surface area contributed by atoms with Crippen molar-refractivity contribution in [2.24, 2.45) is 16.9 Å². The van der Waals surface area contributed by atoms with Crippen LogP contribution in [0.1, 0.15) is 71.6 Å². The van der Waals surface area contributed by atoms with Crippen molar-refractivity contribution >= 4 is 28.3 Å². The van der Waals surface area contributed by atoms with Gasteiger partial charge in [-0.15, -0.1) is 0 Å². The van der Waals surface area contributed by atoms with E-state index in [0.717, 1.165) is 35.6 Å². The summed E-state index contributed by atoms with van der Waals surface area (Å²) in [6.45, 7) is 6.54. The molecule has 3 fully saturated rings. The zero-order valence-electron chi connectivity index (χ0n) is 18.7. The van der Waals surface area contributed by atoms with Gasteiger partial charge in [0.2, 0.25) is 0 Å². The van der Waals surface area contributed by atoms with Crippen molar-refractivity contribution in [1.82, 2.24) is 20.8 Å². The molecule has 5 unspecified atom stereocenters. The van der Waals surface area contributed by atoms with Crippen molar-refractivity contribution in [1.29, 1.82) is 0 Å². The van der Waals surface area contributed by atoms with Crippen molar-refractivity contribution in [3.8, 4) is 0 Å². The Kier molecular flexibility index (Phi) is 9.78. The number of hydrogen-bond acceptors (Lipinski definition) is 9. The lowest BCUT2D eigenvalue weighted by atomic mass is 9.84. The number of likely N-dealkylation sites (tertiary alicyclic amines) is 1. The van der Waals surface area contributed by atoms with Crippen LogP contribution in [0, 0.1) is 22.3 Å². The summed E-state index contributed by atoms with van der Waals surface area (Å²) in [4.78, 5) is 2.53. The SMILES string of the molecule is CC1CCCN(CC(=NNC2CCC(N([O-])O)CC2N([O-])O)C2CCC(I)CC2)C1C. The lowest BCUT2D eigenvalue weighted by Crippen LogP contribution is -2.53. The van der Waals surface area contributed by atoms with Gasteiger partial charge in [-0.05, 0) is 77.2 Å². The van der Waals surface area contributed by atoms with Gasteiger partial charge in [-0.2, -0.15) is 5.10 Å². The van der Waals surface area contributed by atoms with E-state index in [2.05, 4.69) is 46.8 Å². The van der Waals surface area contributed by atoms with Gasteiger partial charge in [0.05, 0.1) is 11.8 Å². The van der Waals surface area contributed by atoms with Crippen LogP contribution in [0.15, 0.2) is 5.10 Å². The number of nitrogens with zero attached hydrogens (tertiary/aromatic N) is 4. The average Bonchev–Trinajstić information content (AvgIpc) is 2.74. The summed E-state index contributed by atoms with van der Waals surface area (Å²) >= 11 is 2.54. The summed E-state index contributed by atoms with van der Waals surface area (Å²) in [6, 6.07) is -1.33. The highest BCUT2D eigenvalue weighted by Crippen LogP contribution is 2.32. The first-order chi connectivity index (χ1) is 14.8. The molecule has 1 aliphatic heterocycles. The molecule has 1 saturated heterocycles. The van der Waals surface area contributed by atoms with E-state index in [4.69, 9.17) is 5.10 Å². The number of piperidine rings is 1. The molecule has 1 heterocycles. The molecule has 10 heteroatoms. The molecule has 0 aromatic carbocycles. The zero-order valence-corrected chi connectivity index (χ0v) is 20.9. The van der Waals surface area contributed by atoms with Crippen LogP contribution < -0.4 is 5.43 Å². The Morgan fingerprint density at radius 1 is 1.06 bits per heavy atom. The lowest BCUT2D eigenvalue weighted by Gasteiger charge is -2.45. The third-order valence-corrected chi connectivity index (χ3v) is 9.00. The van der Waals surface area contributed by atoms with Gasteiger partial charge < -0.3 is 26.3 Å². The molecule has 31 heavy (non-hydrogen) atoms. The minimum atomic E-state index is -0.814. The molecule has 3 aliphatic rings. The summed E-state index contributed by atoms with van der Waals surface area (Å²) in [7, 11) is 0. The normalized spacial score (nSPS) is 38.6. The Hall–Kier alpha value is -0.0800. The zero-order chi connectivity index (χ0) is 22.5. The number of hydrogen-bond donors (Lipinski definition) is 3. The monoisotopic (exact) mass is 551 g/mol. The Morgan fingerprint density at radius 3 is 2.42 bits per heavy atom. The Balaban J connectivity index is 1.71. The number of nitrogens with one attached hydrogen (secondary N) is 1. The Labute approximate surface area is 199 Å². The highest BCUT2D eigenvalue weighted by atomic mass is 127. The smallest absolute Gasteiger partial charge is 0.0608 e. The van der Waals surface area contributed by atoms with E-state index in [-0.39, 0.29) is 22.9 Å². The largest absolute Gasteiger partial charge is 0.762 e. The molecule has 9 nitrogen and oxygen atoms in total. The van der Waals surface area contributed by atoms with E-state index in [1.54, 1.807) is 0 Å². The molecular formula is C21H38IN5O4-2. The molecule has 0 bridgehead atoms. The average molecular weight is 551 g/mol. The van der Waals surface area contributed by atoms with Gasteiger partial charge in [0.15, 0.2) is 0 Å². The maximum atomic E-state index is 11.7. The third kappa shape index (κ3) is 6.95. The highest BCUT2D eigenvalue weighted by molar-refractivity contribution is 14.1. The molecule has 0 radical (unpaired) electrons. The molecule has 2 saturated carbocycles. The number of rotatable bonds is 7. The van der Waals surface area contributed by atoms with Crippen molar-refractivity contribution < 1.29 is 10.4 Å². The van der Waals surface area contributed by atoms with Crippen molar-refractivity contribution in [2.75, 3.05) is 13.1 Å². The molecule has 0 aromatic heterocycles. The van der Waals surface area contributed by atoms with Gasteiger partial charge in [-0.1, -0.05) is 29.5 Å². The van der Waals surface area contributed by atoms with Crippen LogP contribution in [0.25, 0.3) is 0 Å². The van der Waals surface area contributed by atoms with Crippen LogP contribution in [0.4, 0.5) is 0 Å². The van der Waals surface area contributed by atoms with E-state index in [1.807, 2.05) is 0 Å². The molecule has 0 spiro atoms. The van der Waals surface area contributed by atoms with Crippen LogP contribution in [0.5, 0.6) is 0 Å². The molecule has 2 aliphatic carbocycles. The quantitative estimate of drug-likeness (QED) is 0.190. The maximum Gasteiger partial charge on any atom is 0.0608 e. The minimum absolute atomic E-state index is 0.0851. The van der Waals surface area contributed by atoms with Crippen LogP contribution in [0.2, 0.25) is 0 Å². The summed E-state index contributed by atoms with van der Waals surface area (Å²) in [5, 5.41) is 46.5. The minimum Gasteiger partial charge on any atom is -0.762 e. The number of halogens is 1. The molecular weight excluding hydrogens is 513 g/mol. The second-order valence-corrected chi connectivity index (χ2v) is 11.5. The van der Waals surface area contributed by atoms with Crippen LogP contribution in [-0.2, 0) is 0 Å². The maximum absolute atomic E-state index is 11.7. The first-order valence-corrected chi connectivity index (χ1v) is 13.0. The van der Waals surface area contributed by atoms with Crippen LogP contribution in [-0.4, -0.2) is 72.7 Å². The lowest BCUT2D eigenvalue weighted by molar-refractivity contribution is -0.137. The first-order valence-electron chi connectivity index (χ1n) is 11.8. The van der Waals surface area contributed by atoms with E-state index < -0.39 is 12.1 Å². The predicted molar refractivity (Wildman–Crippen MR) is 129 cm³/mol. The van der Waals surface area contributed by atoms with E-state index in [1.165, 1.54) is 25.7 Å². The van der Waals surface area contributed by atoms with Gasteiger partial charge in [-0.3, -0.25) is 15.4 Å². The summed E-state index contributed by atoms with van der Waals surface area (Å²) in [5.41, 5.74) is 4.34. The van der Waals surface area contributed by atoms with Crippen molar-refractivity contribution in [2.45, 2.75) is 99.7 Å². The predicted octanol–water partition coefficient (Wildman–Crippen LogP) is 3.71. The summed E-state index contributed by atoms with van der Waals surface area (Å²) < 4.78 is 0.730. The van der Waals surface area contributed by atoms with Crippen LogP contribution >= 0.6 is 22.6 Å². The molecule has 0 aromatic rings. The standard InChI is InChI=1S/C21H38IN5O4/c1-14-4-3-11-25(15(14)2)13-20(16-5-7-17(22)8-6-16)24-23-19-10-9-18(26(28)29)12-21(19)27(30)31/h14-19,21,23,28,30H,3-13H2,1-2H3/q-2. The number of alkyl halides is 1. The summed E-state index contributed by atoms with van der Waals surface area (Å²) in [6.07, 6.45) is 8.18. The topological polar surface area (TPSA) is 121 Å². The molecule has 180 valence electrons. The summed E-state index contributed by atoms with van der Waals surface area (Å²) in [5.74, 6) is 1.11. The molecule has 0 amide bonds. The fraction of sp³-hybridized carbons (Fsp3) is 0.952. The second kappa shape index (κ2) is 11.9. The third-order valence-electron chi connectivity index (χ3n) is 7.76. The number of hydroxylamine groups is 4. The van der Waals surface area contributed by atoms with Gasteiger partial charge in [0, 0.05) is 34.5 Å². The van der Waals surface area contributed by atoms with E-state index in [9.17, 15) is 20.8 Å². The fourth-order valence-electron chi connectivity index (χ4n) is 5.38. The van der Waals surface area contributed by atoms with Gasteiger partial charge in [-0.25, -0.2) is 0 Å². The Morgan fingerprint density at radius 2 is 1.77 bits per heavy atom. The Bertz CT molecular complexity index is 588. The second-order valence-electron chi connectivity index (χ2n) is 9.76.